The van der Waals surface area contributed by atoms with E-state index in [1.807, 2.05) is 0 Å². The summed E-state index contributed by atoms with van der Waals surface area (Å²) < 4.78 is 0. The molecular formula is C20H30. The molecule has 0 spiro atoms. The first-order chi connectivity index (χ1) is 9.86. The van der Waals surface area contributed by atoms with E-state index in [9.17, 15) is 0 Å². The van der Waals surface area contributed by atoms with Gasteiger partial charge in [-0.25, -0.2) is 0 Å². The summed E-state index contributed by atoms with van der Waals surface area (Å²) >= 11 is 0. The van der Waals surface area contributed by atoms with Crippen LogP contribution in [0.3, 0.4) is 0 Å². The predicted molar refractivity (Wildman–Crippen MR) is 91.8 cm³/mol. The number of hydrogen-bond acceptors (Lipinski definition) is 0. The molecule has 0 bridgehead atoms. The van der Waals surface area contributed by atoms with Gasteiger partial charge in [0.15, 0.2) is 0 Å². The van der Waals surface area contributed by atoms with Crippen LogP contribution in [0, 0.1) is 0 Å². The molecule has 1 aromatic rings. The molecule has 0 nitrogen and oxygen atoms in total. The molecule has 0 saturated carbocycles. The third kappa shape index (κ3) is 7.99. The molecule has 0 radical (unpaired) electrons. The second kappa shape index (κ2) is 11.5. The van der Waals surface area contributed by atoms with Crippen LogP contribution in [0.2, 0.25) is 0 Å². The minimum absolute atomic E-state index is 1.11. The van der Waals surface area contributed by atoms with Gasteiger partial charge in [0.05, 0.1) is 0 Å². The Morgan fingerprint density at radius 3 is 2.35 bits per heavy atom. The molecule has 0 amide bonds. The van der Waals surface area contributed by atoms with E-state index < -0.39 is 0 Å². The number of hydrogen-bond donors (Lipinski definition) is 0. The molecule has 0 heterocycles. The van der Waals surface area contributed by atoms with Gasteiger partial charge in [-0.3, -0.25) is 0 Å². The van der Waals surface area contributed by atoms with Gasteiger partial charge in [0.2, 0.25) is 0 Å². The zero-order valence-corrected chi connectivity index (χ0v) is 13.3. The van der Waals surface area contributed by atoms with Crippen LogP contribution >= 0.6 is 0 Å². The molecule has 0 unspecified atom stereocenters. The number of rotatable bonds is 10. The lowest BCUT2D eigenvalue weighted by molar-refractivity contribution is 0.727. The van der Waals surface area contributed by atoms with Crippen LogP contribution in [0.15, 0.2) is 48.1 Å². The van der Waals surface area contributed by atoms with Crippen molar-refractivity contribution in [2.24, 2.45) is 0 Å². The largest absolute Gasteiger partial charge is 0.0882 e. The summed E-state index contributed by atoms with van der Waals surface area (Å²) in [7, 11) is 0. The van der Waals surface area contributed by atoms with Crippen molar-refractivity contribution in [3.8, 4) is 0 Å². The van der Waals surface area contributed by atoms with Gasteiger partial charge in [0.1, 0.15) is 0 Å². The van der Waals surface area contributed by atoms with Crippen molar-refractivity contribution in [1.29, 1.82) is 0 Å². The van der Waals surface area contributed by atoms with E-state index in [4.69, 9.17) is 0 Å². The first-order valence-corrected chi connectivity index (χ1v) is 8.26. The van der Waals surface area contributed by atoms with Gasteiger partial charge in [-0.2, -0.15) is 0 Å². The molecule has 1 aromatic carbocycles. The van der Waals surface area contributed by atoms with Gasteiger partial charge in [-0.1, -0.05) is 87.2 Å². The van der Waals surface area contributed by atoms with Crippen molar-refractivity contribution in [3.63, 3.8) is 0 Å². The van der Waals surface area contributed by atoms with E-state index in [0.29, 0.717) is 0 Å². The van der Waals surface area contributed by atoms with Gasteiger partial charge in [0, 0.05) is 0 Å². The third-order valence-corrected chi connectivity index (χ3v) is 3.54. The highest BCUT2D eigenvalue weighted by Gasteiger charge is 1.96. The molecule has 20 heavy (non-hydrogen) atoms. The van der Waals surface area contributed by atoms with Crippen molar-refractivity contribution in [2.75, 3.05) is 0 Å². The first-order valence-electron chi connectivity index (χ1n) is 8.26. The zero-order chi connectivity index (χ0) is 14.5. The molecule has 0 aliphatic carbocycles. The van der Waals surface area contributed by atoms with Gasteiger partial charge in [0.25, 0.3) is 0 Å². The topological polar surface area (TPSA) is 0 Å². The highest BCUT2D eigenvalue weighted by Crippen LogP contribution is 2.17. The second-order valence-electron chi connectivity index (χ2n) is 5.49. The monoisotopic (exact) mass is 270 g/mol. The third-order valence-electron chi connectivity index (χ3n) is 3.54. The van der Waals surface area contributed by atoms with Crippen molar-refractivity contribution >= 4 is 6.08 Å². The van der Waals surface area contributed by atoms with Gasteiger partial charge in [-0.05, 0) is 37.7 Å². The smallest absolute Gasteiger partial charge is 0.0135 e. The zero-order valence-electron chi connectivity index (χ0n) is 13.3. The van der Waals surface area contributed by atoms with E-state index in [2.05, 4.69) is 62.4 Å². The van der Waals surface area contributed by atoms with Crippen LogP contribution in [-0.4, -0.2) is 0 Å². The number of unbranched alkanes of at least 4 members (excludes halogenated alkanes) is 4. The summed E-state index contributed by atoms with van der Waals surface area (Å²) in [5, 5.41) is 0. The molecule has 1 rings (SSSR count). The highest BCUT2D eigenvalue weighted by atomic mass is 14.0. The summed E-state index contributed by atoms with van der Waals surface area (Å²) in [6.07, 6.45) is 17.2. The van der Waals surface area contributed by atoms with Crippen LogP contribution in [0.1, 0.15) is 70.8 Å². The summed E-state index contributed by atoms with van der Waals surface area (Å²) in [4.78, 5) is 0. The molecule has 0 aliphatic heterocycles. The Morgan fingerprint density at radius 1 is 0.900 bits per heavy atom. The molecular weight excluding hydrogens is 240 g/mol. The van der Waals surface area contributed by atoms with E-state index in [-0.39, 0.29) is 0 Å². The van der Waals surface area contributed by atoms with Gasteiger partial charge >= 0.3 is 0 Å². The average Bonchev–Trinajstić information content (AvgIpc) is 2.49. The van der Waals surface area contributed by atoms with E-state index >= 15 is 0 Å². The lowest BCUT2D eigenvalue weighted by Gasteiger charge is -2.04. The van der Waals surface area contributed by atoms with Crippen LogP contribution in [0.4, 0.5) is 0 Å². The molecule has 110 valence electrons. The average molecular weight is 270 g/mol. The lowest BCUT2D eigenvalue weighted by atomic mass is 10.0. The summed E-state index contributed by atoms with van der Waals surface area (Å²) in [6, 6.07) is 10.7. The molecule has 0 atom stereocenters. The molecule has 0 N–H and O–H groups in total. The molecule has 0 fully saturated rings. The fourth-order valence-corrected chi connectivity index (χ4v) is 2.29. The Morgan fingerprint density at radius 2 is 1.65 bits per heavy atom. The van der Waals surface area contributed by atoms with Crippen molar-refractivity contribution in [3.05, 3.63) is 53.6 Å². The fraction of sp³-hybridized carbons (Fsp3) is 0.500. The number of benzene rings is 1. The standard InChI is InChI=1S/C20H30/c1-3-5-7-8-9-11-15-19(14-6-4-2)18-20-16-12-10-13-17-20/h9-13,16-18H,3-8,14-15H2,1-2H3/b11-9+,19-18+. The Hall–Kier alpha value is -1.30. The summed E-state index contributed by atoms with van der Waals surface area (Å²) in [5.74, 6) is 0. The minimum Gasteiger partial charge on any atom is -0.0882 e. The minimum atomic E-state index is 1.11. The van der Waals surface area contributed by atoms with Crippen LogP contribution in [0.5, 0.6) is 0 Å². The molecule has 0 saturated heterocycles. The SMILES string of the molecule is CCCCC/C=C/C/C(=C/c1ccccc1)CCCC. The van der Waals surface area contributed by atoms with Crippen LogP contribution in [0.25, 0.3) is 6.08 Å². The Kier molecular flexibility index (Phi) is 9.65. The second-order valence-corrected chi connectivity index (χ2v) is 5.49. The Balaban J connectivity index is 2.49. The predicted octanol–water partition coefficient (Wildman–Crippen LogP) is 6.79. The molecule has 0 heteroatoms. The molecule has 0 aliphatic rings. The normalized spacial score (nSPS) is 12.2. The Bertz CT molecular complexity index is 384. The summed E-state index contributed by atoms with van der Waals surface area (Å²) in [6.45, 7) is 4.52. The quantitative estimate of drug-likeness (QED) is 0.324. The van der Waals surface area contributed by atoms with Crippen molar-refractivity contribution in [2.45, 2.75) is 65.2 Å². The van der Waals surface area contributed by atoms with E-state index in [0.717, 1.165) is 6.42 Å². The lowest BCUT2D eigenvalue weighted by Crippen LogP contribution is -1.84. The first kappa shape index (κ1) is 16.8. The molecule has 0 aromatic heterocycles. The van der Waals surface area contributed by atoms with Crippen molar-refractivity contribution in [1.82, 2.24) is 0 Å². The van der Waals surface area contributed by atoms with Gasteiger partial charge < -0.3 is 0 Å². The van der Waals surface area contributed by atoms with Crippen LogP contribution < -0.4 is 0 Å². The maximum Gasteiger partial charge on any atom is -0.0135 e. The maximum atomic E-state index is 2.37. The Labute approximate surface area is 125 Å². The van der Waals surface area contributed by atoms with E-state index in [1.54, 1.807) is 5.57 Å². The summed E-state index contributed by atoms with van der Waals surface area (Å²) in [5.41, 5.74) is 2.89. The van der Waals surface area contributed by atoms with Gasteiger partial charge in [-0.15, -0.1) is 0 Å². The number of allylic oxidation sites excluding steroid dienone is 3. The maximum absolute atomic E-state index is 2.37. The van der Waals surface area contributed by atoms with E-state index in [1.165, 1.54) is 50.5 Å². The van der Waals surface area contributed by atoms with Crippen LogP contribution in [-0.2, 0) is 0 Å². The fourth-order valence-electron chi connectivity index (χ4n) is 2.29. The van der Waals surface area contributed by atoms with Crippen molar-refractivity contribution < 1.29 is 0 Å². The highest BCUT2D eigenvalue weighted by molar-refractivity contribution is 5.52.